The van der Waals surface area contributed by atoms with Crippen molar-refractivity contribution in [3.63, 3.8) is 0 Å². The second-order valence-electron chi connectivity index (χ2n) is 6.54. The summed E-state index contributed by atoms with van der Waals surface area (Å²) in [6.07, 6.45) is 7.19. The second kappa shape index (κ2) is 6.23. The van der Waals surface area contributed by atoms with E-state index in [-0.39, 0.29) is 6.04 Å². The Kier molecular flexibility index (Phi) is 3.92. The predicted molar refractivity (Wildman–Crippen MR) is 93.8 cm³/mol. The van der Waals surface area contributed by atoms with Crippen LogP contribution in [0.3, 0.4) is 0 Å². The molecule has 0 amide bonds. The molecule has 1 saturated carbocycles. The predicted octanol–water partition coefficient (Wildman–Crippen LogP) is 4.04. The molecule has 3 aromatic rings. The van der Waals surface area contributed by atoms with Crippen molar-refractivity contribution < 1.29 is 0 Å². The zero-order valence-electron chi connectivity index (χ0n) is 14.3. The van der Waals surface area contributed by atoms with Crippen LogP contribution >= 0.6 is 0 Å². The number of aromatic nitrogens is 5. The molecule has 0 saturated heterocycles. The SMILES string of the molecule is CCCn1ncnc1C(C)n1cnc(-c2ccccc2)c1C1CC1. The van der Waals surface area contributed by atoms with Gasteiger partial charge >= 0.3 is 0 Å². The highest BCUT2D eigenvalue weighted by Gasteiger charge is 2.32. The van der Waals surface area contributed by atoms with E-state index in [2.05, 4.69) is 52.8 Å². The van der Waals surface area contributed by atoms with Gasteiger partial charge in [0.05, 0.1) is 18.1 Å². The van der Waals surface area contributed by atoms with Gasteiger partial charge in [0.15, 0.2) is 0 Å². The number of hydrogen-bond donors (Lipinski definition) is 0. The monoisotopic (exact) mass is 321 g/mol. The van der Waals surface area contributed by atoms with Gasteiger partial charge in [-0.2, -0.15) is 5.10 Å². The molecule has 1 fully saturated rings. The van der Waals surface area contributed by atoms with Crippen molar-refractivity contribution in [1.29, 1.82) is 0 Å². The number of aryl methyl sites for hydroxylation is 1. The van der Waals surface area contributed by atoms with Crippen molar-refractivity contribution in [2.45, 2.75) is 51.6 Å². The lowest BCUT2D eigenvalue weighted by molar-refractivity contribution is 0.498. The maximum Gasteiger partial charge on any atom is 0.149 e. The molecular formula is C19H23N5. The van der Waals surface area contributed by atoms with E-state index in [0.717, 1.165) is 24.5 Å². The van der Waals surface area contributed by atoms with Crippen molar-refractivity contribution in [3.8, 4) is 11.3 Å². The Balaban J connectivity index is 1.76. The third-order valence-electron chi connectivity index (χ3n) is 4.72. The van der Waals surface area contributed by atoms with Crippen LogP contribution < -0.4 is 0 Å². The van der Waals surface area contributed by atoms with Gasteiger partial charge in [0.1, 0.15) is 12.2 Å². The van der Waals surface area contributed by atoms with Crippen molar-refractivity contribution >= 4 is 0 Å². The molecule has 1 unspecified atom stereocenters. The zero-order chi connectivity index (χ0) is 16.5. The van der Waals surface area contributed by atoms with Crippen molar-refractivity contribution in [1.82, 2.24) is 24.3 Å². The van der Waals surface area contributed by atoms with Gasteiger partial charge in [-0.15, -0.1) is 0 Å². The third kappa shape index (κ3) is 2.64. The van der Waals surface area contributed by atoms with E-state index in [1.807, 2.05) is 17.1 Å². The van der Waals surface area contributed by atoms with E-state index >= 15 is 0 Å². The van der Waals surface area contributed by atoms with Crippen LogP contribution in [0.4, 0.5) is 0 Å². The molecule has 0 aliphatic heterocycles. The Bertz CT molecular complexity index is 813. The lowest BCUT2D eigenvalue weighted by Gasteiger charge is -2.17. The highest BCUT2D eigenvalue weighted by Crippen LogP contribution is 2.45. The van der Waals surface area contributed by atoms with E-state index < -0.39 is 0 Å². The normalized spacial score (nSPS) is 15.6. The topological polar surface area (TPSA) is 48.5 Å². The molecular weight excluding hydrogens is 298 g/mol. The molecule has 2 aromatic heterocycles. The highest BCUT2D eigenvalue weighted by molar-refractivity contribution is 5.63. The van der Waals surface area contributed by atoms with E-state index in [4.69, 9.17) is 4.98 Å². The molecule has 0 N–H and O–H groups in total. The summed E-state index contributed by atoms with van der Waals surface area (Å²) in [7, 11) is 0. The molecule has 124 valence electrons. The number of imidazole rings is 1. The smallest absolute Gasteiger partial charge is 0.149 e. The van der Waals surface area contributed by atoms with Gasteiger partial charge in [-0.3, -0.25) is 0 Å². The lowest BCUT2D eigenvalue weighted by atomic mass is 10.1. The largest absolute Gasteiger partial charge is 0.323 e. The first-order valence-corrected chi connectivity index (χ1v) is 8.79. The third-order valence-corrected chi connectivity index (χ3v) is 4.72. The van der Waals surface area contributed by atoms with Gasteiger partial charge in [-0.1, -0.05) is 37.3 Å². The Morgan fingerprint density at radius 2 is 1.96 bits per heavy atom. The number of rotatable bonds is 6. The maximum absolute atomic E-state index is 4.76. The summed E-state index contributed by atoms with van der Waals surface area (Å²) in [4.78, 5) is 9.28. The molecule has 1 aromatic carbocycles. The summed E-state index contributed by atoms with van der Waals surface area (Å²) in [6, 6.07) is 10.6. The molecule has 24 heavy (non-hydrogen) atoms. The van der Waals surface area contributed by atoms with E-state index in [0.29, 0.717) is 5.92 Å². The van der Waals surface area contributed by atoms with E-state index in [9.17, 15) is 0 Å². The molecule has 1 atom stereocenters. The van der Waals surface area contributed by atoms with Crippen LogP contribution in [-0.4, -0.2) is 24.3 Å². The van der Waals surface area contributed by atoms with Gasteiger partial charge in [-0.05, 0) is 26.2 Å². The van der Waals surface area contributed by atoms with Crippen LogP contribution in [0.15, 0.2) is 43.0 Å². The van der Waals surface area contributed by atoms with Crippen molar-refractivity contribution in [3.05, 3.63) is 54.5 Å². The number of hydrogen-bond acceptors (Lipinski definition) is 3. The van der Waals surface area contributed by atoms with Gasteiger partial charge in [0.25, 0.3) is 0 Å². The van der Waals surface area contributed by atoms with Crippen LogP contribution in [0.25, 0.3) is 11.3 Å². The quantitative estimate of drug-likeness (QED) is 0.688. The molecule has 0 radical (unpaired) electrons. The zero-order valence-corrected chi connectivity index (χ0v) is 14.3. The van der Waals surface area contributed by atoms with Crippen molar-refractivity contribution in [2.24, 2.45) is 0 Å². The molecule has 1 aliphatic carbocycles. The first kappa shape index (κ1) is 15.1. The van der Waals surface area contributed by atoms with Crippen LogP contribution in [0.2, 0.25) is 0 Å². The lowest BCUT2D eigenvalue weighted by Crippen LogP contribution is -2.16. The molecule has 4 rings (SSSR count). The first-order valence-electron chi connectivity index (χ1n) is 8.79. The van der Waals surface area contributed by atoms with Crippen molar-refractivity contribution in [2.75, 3.05) is 0 Å². The minimum atomic E-state index is 0.139. The molecule has 5 heteroatoms. The minimum Gasteiger partial charge on any atom is -0.323 e. The standard InChI is InChI=1S/C19H23N5/c1-3-11-24-19(20-12-22-24)14(2)23-13-21-17(18(23)16-9-10-16)15-7-5-4-6-8-15/h4-8,12-14,16H,3,9-11H2,1-2H3. The summed E-state index contributed by atoms with van der Waals surface area (Å²) in [5.41, 5.74) is 3.66. The van der Waals surface area contributed by atoms with Crippen LogP contribution in [-0.2, 0) is 6.54 Å². The molecule has 2 heterocycles. The van der Waals surface area contributed by atoms with Gasteiger partial charge in [-0.25, -0.2) is 14.6 Å². The fourth-order valence-electron chi connectivity index (χ4n) is 3.36. The maximum atomic E-state index is 4.76. The highest BCUT2D eigenvalue weighted by atomic mass is 15.3. The second-order valence-corrected chi connectivity index (χ2v) is 6.54. The molecule has 0 bridgehead atoms. The Labute approximate surface area is 142 Å². The number of nitrogens with zero attached hydrogens (tertiary/aromatic N) is 5. The van der Waals surface area contributed by atoms with Crippen LogP contribution in [0, 0.1) is 0 Å². The summed E-state index contributed by atoms with van der Waals surface area (Å²) < 4.78 is 4.32. The Morgan fingerprint density at radius 3 is 2.67 bits per heavy atom. The summed E-state index contributed by atoms with van der Waals surface area (Å²) in [5.74, 6) is 1.63. The van der Waals surface area contributed by atoms with Gasteiger partial charge in [0, 0.05) is 23.7 Å². The average molecular weight is 321 g/mol. The van der Waals surface area contributed by atoms with Gasteiger partial charge in [0.2, 0.25) is 0 Å². The van der Waals surface area contributed by atoms with Gasteiger partial charge < -0.3 is 4.57 Å². The summed E-state index contributed by atoms with van der Waals surface area (Å²) in [5, 5.41) is 4.38. The fraction of sp³-hybridized carbons (Fsp3) is 0.421. The van der Waals surface area contributed by atoms with Crippen LogP contribution in [0.1, 0.15) is 56.6 Å². The van der Waals surface area contributed by atoms with E-state index in [1.165, 1.54) is 24.1 Å². The molecule has 1 aliphatic rings. The Hall–Kier alpha value is -2.43. The molecule has 5 nitrogen and oxygen atoms in total. The first-order chi connectivity index (χ1) is 11.8. The minimum absolute atomic E-state index is 0.139. The summed E-state index contributed by atoms with van der Waals surface area (Å²) in [6.45, 7) is 5.26. The Morgan fingerprint density at radius 1 is 1.17 bits per heavy atom. The molecule has 0 spiro atoms. The number of benzene rings is 1. The van der Waals surface area contributed by atoms with E-state index in [1.54, 1.807) is 6.33 Å². The fourth-order valence-corrected chi connectivity index (χ4v) is 3.36. The van der Waals surface area contributed by atoms with Crippen LogP contribution in [0.5, 0.6) is 0 Å². The summed E-state index contributed by atoms with van der Waals surface area (Å²) >= 11 is 0. The average Bonchev–Trinajstić information content (AvgIpc) is 3.18.